The van der Waals surface area contributed by atoms with Gasteiger partial charge in [-0.1, -0.05) is 58.0 Å². The average molecular weight is 388 g/mol. The van der Waals surface area contributed by atoms with E-state index in [0.29, 0.717) is 5.57 Å². The van der Waals surface area contributed by atoms with Crippen LogP contribution in [-0.2, 0) is 16.0 Å². The molecule has 2 amide bonds. The maximum atomic E-state index is 13.1. The largest absolute Gasteiger partial charge is 0.306 e. The van der Waals surface area contributed by atoms with E-state index in [1.807, 2.05) is 65.8 Å². The van der Waals surface area contributed by atoms with E-state index < -0.39 is 0 Å². The summed E-state index contributed by atoms with van der Waals surface area (Å²) in [5.74, 6) is -0.261. The average Bonchev–Trinajstić information content (AvgIpc) is 3.29. The van der Waals surface area contributed by atoms with E-state index in [9.17, 15) is 9.59 Å². The molecule has 1 heterocycles. The van der Waals surface area contributed by atoms with Crippen LogP contribution in [0.25, 0.3) is 5.57 Å². The number of carbonyl (C=O) groups is 2. The fourth-order valence-electron chi connectivity index (χ4n) is 3.33. The minimum atomic E-state index is -0.202. The Morgan fingerprint density at radius 3 is 2.43 bits per heavy atom. The van der Waals surface area contributed by atoms with Gasteiger partial charge in [-0.25, -0.2) is 5.01 Å². The number of benzene rings is 1. The molecule has 1 atom stereocenters. The molecule has 1 aromatic rings. The highest BCUT2D eigenvalue weighted by Gasteiger charge is 2.29. The lowest BCUT2D eigenvalue weighted by atomic mass is 9.90. The van der Waals surface area contributed by atoms with E-state index in [0.717, 1.165) is 37.8 Å². The Morgan fingerprint density at radius 2 is 1.82 bits per heavy atom. The van der Waals surface area contributed by atoms with Gasteiger partial charge in [-0.05, 0) is 57.2 Å². The molecule has 0 spiro atoms. The second kappa shape index (κ2) is 12.3. The molecule has 28 heavy (non-hydrogen) atoms. The molecule has 3 rings (SSSR count). The molecule has 0 bridgehead atoms. The van der Waals surface area contributed by atoms with Gasteiger partial charge in [-0.15, -0.1) is 0 Å². The minimum absolute atomic E-state index is 0.113. The molecule has 5 nitrogen and oxygen atoms in total. The van der Waals surface area contributed by atoms with Gasteiger partial charge in [0.15, 0.2) is 0 Å². The van der Waals surface area contributed by atoms with Crippen molar-refractivity contribution in [3.05, 3.63) is 41.5 Å². The van der Waals surface area contributed by atoms with Gasteiger partial charge in [0.05, 0.1) is 6.04 Å². The predicted octanol–water partition coefficient (Wildman–Crippen LogP) is 4.09. The second-order valence-electron chi connectivity index (χ2n) is 6.71. The second-order valence-corrected chi connectivity index (χ2v) is 6.71. The first-order valence-electron chi connectivity index (χ1n) is 10.7. The molecule has 2 aliphatic rings. The summed E-state index contributed by atoms with van der Waals surface area (Å²) in [6.07, 6.45) is 5.60. The van der Waals surface area contributed by atoms with E-state index in [4.69, 9.17) is 0 Å². The summed E-state index contributed by atoms with van der Waals surface area (Å²) in [5.41, 5.74) is 5.68. The van der Waals surface area contributed by atoms with Gasteiger partial charge in [0.25, 0.3) is 11.8 Å². The number of aryl methyl sites for hydroxylation is 1. The van der Waals surface area contributed by atoms with Crippen LogP contribution in [0.5, 0.6) is 0 Å². The van der Waals surface area contributed by atoms with Gasteiger partial charge in [0.1, 0.15) is 0 Å². The van der Waals surface area contributed by atoms with Crippen molar-refractivity contribution in [3.63, 3.8) is 0 Å². The zero-order valence-electron chi connectivity index (χ0n) is 18.3. The standard InChI is InChI=1S/C19H25N3O2.2C2H6/c1-13(2)22(21-18(23)17-11-6-12-20-17)19(24)16-10-5-8-14-7-3-4-9-15(14)16;2*1-2/h3-4,7,9-10,13,17,20H,5-6,8,11-12H2,1-2H3,(H,21,23);2*1-2H3. The molecule has 1 unspecified atom stereocenters. The summed E-state index contributed by atoms with van der Waals surface area (Å²) in [6.45, 7) is 12.7. The third kappa shape index (κ3) is 5.93. The number of fused-ring (bicyclic) bond motifs is 1. The number of nitrogens with zero attached hydrogens (tertiary/aromatic N) is 1. The van der Waals surface area contributed by atoms with Crippen LogP contribution in [0.4, 0.5) is 0 Å². The van der Waals surface area contributed by atoms with Crippen LogP contribution in [-0.4, -0.2) is 35.5 Å². The van der Waals surface area contributed by atoms with Crippen molar-refractivity contribution in [2.45, 2.75) is 79.3 Å². The van der Waals surface area contributed by atoms with Crippen molar-refractivity contribution < 1.29 is 9.59 Å². The van der Waals surface area contributed by atoms with Crippen molar-refractivity contribution >= 4 is 17.4 Å². The molecular formula is C23H37N3O2. The van der Waals surface area contributed by atoms with Crippen LogP contribution < -0.4 is 10.7 Å². The Hall–Kier alpha value is -2.14. The molecule has 156 valence electrons. The highest BCUT2D eigenvalue weighted by Crippen LogP contribution is 2.28. The zero-order valence-corrected chi connectivity index (χ0v) is 18.3. The molecule has 0 radical (unpaired) electrons. The number of rotatable bonds is 3. The smallest absolute Gasteiger partial charge is 0.272 e. The first-order valence-corrected chi connectivity index (χ1v) is 10.7. The molecule has 1 aliphatic carbocycles. The zero-order chi connectivity index (χ0) is 21.1. The summed E-state index contributed by atoms with van der Waals surface area (Å²) in [6, 6.07) is 7.68. The van der Waals surface area contributed by atoms with E-state index >= 15 is 0 Å². The van der Waals surface area contributed by atoms with Crippen molar-refractivity contribution in [2.24, 2.45) is 0 Å². The first-order chi connectivity index (χ1) is 13.6. The highest BCUT2D eigenvalue weighted by atomic mass is 16.2. The Kier molecular flexibility index (Phi) is 10.5. The molecule has 0 saturated carbocycles. The summed E-state index contributed by atoms with van der Waals surface area (Å²) >= 11 is 0. The fourth-order valence-corrected chi connectivity index (χ4v) is 3.33. The van der Waals surface area contributed by atoms with Crippen molar-refractivity contribution in [1.29, 1.82) is 0 Å². The summed E-state index contributed by atoms with van der Waals surface area (Å²) in [4.78, 5) is 25.5. The van der Waals surface area contributed by atoms with Crippen LogP contribution in [0, 0.1) is 0 Å². The quantitative estimate of drug-likeness (QED) is 0.768. The Bertz CT molecular complexity index is 662. The number of hydrogen-bond acceptors (Lipinski definition) is 3. The number of allylic oxidation sites excluding steroid dienone is 1. The van der Waals surface area contributed by atoms with Gasteiger partial charge in [0, 0.05) is 11.6 Å². The third-order valence-corrected chi connectivity index (χ3v) is 4.64. The van der Waals surface area contributed by atoms with Gasteiger partial charge in [0.2, 0.25) is 0 Å². The molecule has 1 aliphatic heterocycles. The van der Waals surface area contributed by atoms with Crippen molar-refractivity contribution in [2.75, 3.05) is 6.54 Å². The van der Waals surface area contributed by atoms with Crippen LogP contribution in [0.1, 0.15) is 71.9 Å². The number of hydrogen-bond donors (Lipinski definition) is 2. The van der Waals surface area contributed by atoms with Gasteiger partial charge < -0.3 is 5.32 Å². The topological polar surface area (TPSA) is 61.4 Å². The number of hydrazine groups is 1. The van der Waals surface area contributed by atoms with Gasteiger partial charge in [-0.2, -0.15) is 0 Å². The molecule has 5 heteroatoms. The van der Waals surface area contributed by atoms with Crippen molar-refractivity contribution in [1.82, 2.24) is 15.8 Å². The summed E-state index contributed by atoms with van der Waals surface area (Å²) in [5, 5.41) is 4.64. The molecule has 1 aromatic carbocycles. The van der Waals surface area contributed by atoms with E-state index in [1.54, 1.807) is 0 Å². The maximum absolute atomic E-state index is 13.1. The lowest BCUT2D eigenvalue weighted by molar-refractivity contribution is -0.140. The Morgan fingerprint density at radius 1 is 1.14 bits per heavy atom. The van der Waals surface area contributed by atoms with Crippen LogP contribution >= 0.6 is 0 Å². The normalized spacial score (nSPS) is 17.2. The fraction of sp³-hybridized carbons (Fsp3) is 0.565. The Labute approximate surface area is 170 Å². The third-order valence-electron chi connectivity index (χ3n) is 4.64. The van der Waals surface area contributed by atoms with E-state index in [-0.39, 0.29) is 23.9 Å². The van der Waals surface area contributed by atoms with Crippen LogP contribution in [0.3, 0.4) is 0 Å². The molecular weight excluding hydrogens is 350 g/mol. The Balaban J connectivity index is 0.000000921. The monoisotopic (exact) mass is 387 g/mol. The highest BCUT2D eigenvalue weighted by molar-refractivity contribution is 6.20. The summed E-state index contributed by atoms with van der Waals surface area (Å²) < 4.78 is 0. The molecule has 2 N–H and O–H groups in total. The van der Waals surface area contributed by atoms with Crippen LogP contribution in [0.15, 0.2) is 30.3 Å². The number of carbonyl (C=O) groups excluding carboxylic acids is 2. The SMILES string of the molecule is CC.CC.CC(C)N(NC(=O)C1CCCN1)C(=O)C1=CCCc2ccccc21. The predicted molar refractivity (Wildman–Crippen MR) is 117 cm³/mol. The minimum Gasteiger partial charge on any atom is -0.306 e. The van der Waals surface area contributed by atoms with Gasteiger partial charge >= 0.3 is 0 Å². The van der Waals surface area contributed by atoms with Crippen molar-refractivity contribution in [3.8, 4) is 0 Å². The van der Waals surface area contributed by atoms with E-state index in [1.165, 1.54) is 10.6 Å². The first kappa shape index (κ1) is 23.9. The lowest BCUT2D eigenvalue weighted by Crippen LogP contribution is -2.54. The molecule has 1 fully saturated rings. The maximum Gasteiger partial charge on any atom is 0.272 e. The molecule has 1 saturated heterocycles. The molecule has 0 aromatic heterocycles. The number of amides is 2. The van der Waals surface area contributed by atoms with Crippen LogP contribution in [0.2, 0.25) is 0 Å². The van der Waals surface area contributed by atoms with E-state index in [2.05, 4.69) is 16.8 Å². The summed E-state index contributed by atoms with van der Waals surface area (Å²) in [7, 11) is 0. The van der Waals surface area contributed by atoms with Gasteiger partial charge in [-0.3, -0.25) is 15.0 Å². The number of nitrogens with one attached hydrogen (secondary N) is 2. The lowest BCUT2D eigenvalue weighted by Gasteiger charge is -2.30.